The fourth-order valence-electron chi connectivity index (χ4n) is 2.97. The lowest BCUT2D eigenvalue weighted by atomic mass is 10.2. The Bertz CT molecular complexity index is 1190. The number of carbonyl (C=O) groups is 1. The minimum atomic E-state index is -0.360. The van der Waals surface area contributed by atoms with Gasteiger partial charge < -0.3 is 9.47 Å². The number of fused-ring (bicyclic) bond motifs is 1. The minimum absolute atomic E-state index is 0.159. The number of amides is 1. The third-order valence-electron chi connectivity index (χ3n) is 4.46. The van der Waals surface area contributed by atoms with Crippen molar-refractivity contribution >= 4 is 23.0 Å². The second-order valence-corrected chi connectivity index (χ2v) is 6.76. The highest BCUT2D eigenvalue weighted by Crippen LogP contribution is 2.22. The Morgan fingerprint density at radius 3 is 2.68 bits per heavy atom. The molecule has 0 aliphatic heterocycles. The topological polar surface area (TPSA) is 72.8 Å². The van der Waals surface area contributed by atoms with Crippen molar-refractivity contribution in [2.45, 2.75) is 6.61 Å². The van der Waals surface area contributed by atoms with Crippen molar-refractivity contribution in [3.05, 3.63) is 102 Å². The minimum Gasteiger partial charge on any atom is -0.489 e. The molecule has 0 saturated carbocycles. The zero-order chi connectivity index (χ0) is 21.3. The Balaban J connectivity index is 1.28. The van der Waals surface area contributed by atoms with Crippen LogP contribution >= 0.6 is 0 Å². The van der Waals surface area contributed by atoms with Gasteiger partial charge in [0.2, 0.25) is 0 Å². The molecule has 0 aliphatic carbocycles. The van der Waals surface area contributed by atoms with Crippen LogP contribution in [0.2, 0.25) is 0 Å². The first-order valence-corrected chi connectivity index (χ1v) is 9.83. The molecule has 3 aromatic carbocycles. The monoisotopic (exact) mass is 411 g/mol. The van der Waals surface area contributed by atoms with Gasteiger partial charge in [0.1, 0.15) is 23.6 Å². The van der Waals surface area contributed by atoms with E-state index in [1.165, 1.54) is 0 Å². The SMILES string of the molecule is O=C(COc1cccc2cccnc12)N/N=C\c1cccc(OCc2ccccc2)c1. The molecule has 0 unspecified atom stereocenters. The average Bonchev–Trinajstić information content (AvgIpc) is 2.82. The number of para-hydroxylation sites is 1. The van der Waals surface area contributed by atoms with Crippen molar-refractivity contribution in [2.75, 3.05) is 6.61 Å². The number of hydrogen-bond donors (Lipinski definition) is 1. The first-order chi connectivity index (χ1) is 15.3. The second kappa shape index (κ2) is 10.0. The van der Waals surface area contributed by atoms with E-state index in [4.69, 9.17) is 9.47 Å². The largest absolute Gasteiger partial charge is 0.489 e. The van der Waals surface area contributed by atoms with Crippen LogP contribution in [0.4, 0.5) is 0 Å². The normalized spacial score (nSPS) is 10.8. The molecule has 1 N–H and O–H groups in total. The van der Waals surface area contributed by atoms with Crippen LogP contribution in [0.15, 0.2) is 96.2 Å². The van der Waals surface area contributed by atoms with Gasteiger partial charge >= 0.3 is 0 Å². The highest BCUT2D eigenvalue weighted by Gasteiger charge is 2.06. The predicted octanol–water partition coefficient (Wildman–Crippen LogP) is 4.34. The van der Waals surface area contributed by atoms with Crippen molar-refractivity contribution in [1.82, 2.24) is 10.4 Å². The third kappa shape index (κ3) is 5.67. The molecular formula is C25H21N3O3. The van der Waals surface area contributed by atoms with Gasteiger partial charge in [0.15, 0.2) is 6.61 Å². The predicted molar refractivity (Wildman–Crippen MR) is 120 cm³/mol. The van der Waals surface area contributed by atoms with Crippen molar-refractivity contribution in [1.29, 1.82) is 0 Å². The molecule has 0 saturated heterocycles. The molecule has 6 heteroatoms. The summed E-state index contributed by atoms with van der Waals surface area (Å²) in [6, 6.07) is 26.8. The molecule has 6 nitrogen and oxygen atoms in total. The number of carbonyl (C=O) groups excluding carboxylic acids is 1. The maximum atomic E-state index is 12.1. The van der Waals surface area contributed by atoms with Gasteiger partial charge in [0.25, 0.3) is 5.91 Å². The van der Waals surface area contributed by atoms with Crippen LogP contribution in [-0.4, -0.2) is 23.7 Å². The second-order valence-electron chi connectivity index (χ2n) is 6.76. The van der Waals surface area contributed by atoms with E-state index >= 15 is 0 Å². The maximum Gasteiger partial charge on any atom is 0.277 e. The van der Waals surface area contributed by atoms with Crippen LogP contribution in [0.25, 0.3) is 10.9 Å². The van der Waals surface area contributed by atoms with Crippen LogP contribution in [-0.2, 0) is 11.4 Å². The number of rotatable bonds is 8. The zero-order valence-corrected chi connectivity index (χ0v) is 16.8. The molecular weight excluding hydrogens is 390 g/mol. The van der Waals surface area contributed by atoms with Gasteiger partial charge in [-0.25, -0.2) is 5.43 Å². The molecule has 0 bridgehead atoms. The Morgan fingerprint density at radius 2 is 1.77 bits per heavy atom. The van der Waals surface area contributed by atoms with Gasteiger partial charge in [0.05, 0.1) is 6.21 Å². The lowest BCUT2D eigenvalue weighted by Gasteiger charge is -2.08. The van der Waals surface area contributed by atoms with E-state index in [2.05, 4.69) is 15.5 Å². The standard InChI is InChI=1S/C25H21N3O3/c29-24(18-31-23-13-5-10-21-11-6-14-26-25(21)23)28-27-16-20-9-4-12-22(15-20)30-17-19-7-2-1-3-8-19/h1-16H,17-18H2,(H,28,29)/b27-16-. The summed E-state index contributed by atoms with van der Waals surface area (Å²) in [7, 11) is 0. The lowest BCUT2D eigenvalue weighted by Crippen LogP contribution is -2.24. The van der Waals surface area contributed by atoms with E-state index in [0.29, 0.717) is 17.9 Å². The van der Waals surface area contributed by atoms with E-state index in [0.717, 1.165) is 22.3 Å². The summed E-state index contributed by atoms with van der Waals surface area (Å²) in [5, 5.41) is 4.95. The zero-order valence-electron chi connectivity index (χ0n) is 16.8. The molecule has 0 spiro atoms. The van der Waals surface area contributed by atoms with Crippen LogP contribution in [0.1, 0.15) is 11.1 Å². The summed E-state index contributed by atoms with van der Waals surface area (Å²) in [6.45, 7) is 0.325. The van der Waals surface area contributed by atoms with Gasteiger partial charge in [-0.3, -0.25) is 9.78 Å². The molecule has 0 aliphatic rings. The fraction of sp³-hybridized carbons (Fsp3) is 0.0800. The number of aromatic nitrogens is 1. The molecule has 0 fully saturated rings. The molecule has 4 rings (SSSR count). The lowest BCUT2D eigenvalue weighted by molar-refractivity contribution is -0.123. The smallest absolute Gasteiger partial charge is 0.277 e. The number of ether oxygens (including phenoxy) is 2. The highest BCUT2D eigenvalue weighted by molar-refractivity contribution is 5.85. The number of hydrogen-bond acceptors (Lipinski definition) is 5. The van der Waals surface area contributed by atoms with Crippen molar-refractivity contribution < 1.29 is 14.3 Å². The van der Waals surface area contributed by atoms with Gasteiger partial charge in [0, 0.05) is 11.6 Å². The number of benzene rings is 3. The number of nitrogens with zero attached hydrogens (tertiary/aromatic N) is 2. The molecule has 154 valence electrons. The quantitative estimate of drug-likeness (QED) is 0.346. The number of pyridine rings is 1. The molecule has 1 heterocycles. The Kier molecular flexibility index (Phi) is 6.50. The van der Waals surface area contributed by atoms with Crippen LogP contribution < -0.4 is 14.9 Å². The summed E-state index contributed by atoms with van der Waals surface area (Å²) >= 11 is 0. The van der Waals surface area contributed by atoms with Gasteiger partial charge in [-0.15, -0.1) is 0 Å². The van der Waals surface area contributed by atoms with Crippen LogP contribution in [0.3, 0.4) is 0 Å². The van der Waals surface area contributed by atoms with Gasteiger partial charge in [-0.05, 0) is 35.4 Å². The van der Waals surface area contributed by atoms with Crippen molar-refractivity contribution in [3.8, 4) is 11.5 Å². The molecule has 0 atom stereocenters. The van der Waals surface area contributed by atoms with E-state index in [-0.39, 0.29) is 12.5 Å². The molecule has 1 aromatic heterocycles. The van der Waals surface area contributed by atoms with Crippen LogP contribution in [0, 0.1) is 0 Å². The van der Waals surface area contributed by atoms with E-state index in [1.54, 1.807) is 18.5 Å². The first kappa shape index (κ1) is 20.1. The summed E-state index contributed by atoms with van der Waals surface area (Å²) in [5.74, 6) is 0.923. The summed E-state index contributed by atoms with van der Waals surface area (Å²) in [5.41, 5.74) is 5.09. The summed E-state index contributed by atoms with van der Waals surface area (Å²) in [6.07, 6.45) is 3.25. The molecule has 31 heavy (non-hydrogen) atoms. The molecule has 4 aromatic rings. The molecule has 1 amide bonds. The van der Waals surface area contributed by atoms with E-state index < -0.39 is 0 Å². The number of nitrogens with one attached hydrogen (secondary N) is 1. The number of hydrazone groups is 1. The van der Waals surface area contributed by atoms with E-state index in [1.807, 2.05) is 78.9 Å². The summed E-state index contributed by atoms with van der Waals surface area (Å²) < 4.78 is 11.4. The van der Waals surface area contributed by atoms with Crippen LogP contribution in [0.5, 0.6) is 11.5 Å². The third-order valence-corrected chi connectivity index (χ3v) is 4.46. The molecule has 0 radical (unpaired) electrons. The van der Waals surface area contributed by atoms with Gasteiger partial charge in [-0.2, -0.15) is 5.10 Å². The highest BCUT2D eigenvalue weighted by atomic mass is 16.5. The van der Waals surface area contributed by atoms with E-state index in [9.17, 15) is 4.79 Å². The summed E-state index contributed by atoms with van der Waals surface area (Å²) in [4.78, 5) is 16.4. The Labute approximate surface area is 180 Å². The Morgan fingerprint density at radius 1 is 0.935 bits per heavy atom. The average molecular weight is 411 g/mol. The van der Waals surface area contributed by atoms with Crippen molar-refractivity contribution in [2.24, 2.45) is 5.10 Å². The first-order valence-electron chi connectivity index (χ1n) is 9.83. The van der Waals surface area contributed by atoms with Crippen molar-refractivity contribution in [3.63, 3.8) is 0 Å². The Hall–Kier alpha value is -4.19. The maximum absolute atomic E-state index is 12.1. The van der Waals surface area contributed by atoms with Gasteiger partial charge in [-0.1, -0.05) is 60.7 Å². The fourth-order valence-corrected chi connectivity index (χ4v) is 2.97.